The van der Waals surface area contributed by atoms with Crippen LogP contribution in [0.15, 0.2) is 18.2 Å². The number of rotatable bonds is 6. The predicted molar refractivity (Wildman–Crippen MR) is 86.4 cm³/mol. The van der Waals surface area contributed by atoms with Crippen molar-refractivity contribution in [3.8, 4) is 5.75 Å². The minimum Gasteiger partial charge on any atom is -0.482 e. The molecule has 0 aromatic heterocycles. The highest BCUT2D eigenvalue weighted by atomic mass is 16.5. The molecule has 2 rings (SSSR count). The summed E-state index contributed by atoms with van der Waals surface area (Å²) in [6.45, 7) is 3.41. The van der Waals surface area contributed by atoms with Gasteiger partial charge < -0.3 is 19.9 Å². The summed E-state index contributed by atoms with van der Waals surface area (Å²) in [5.74, 6) is 0.575. The summed E-state index contributed by atoms with van der Waals surface area (Å²) in [6.07, 6.45) is 1.29. The largest absolute Gasteiger partial charge is 0.482 e. The number of anilines is 2. The molecule has 0 bridgehead atoms. The van der Waals surface area contributed by atoms with Gasteiger partial charge in [-0.3, -0.25) is 9.59 Å². The van der Waals surface area contributed by atoms with E-state index in [0.29, 0.717) is 24.4 Å². The summed E-state index contributed by atoms with van der Waals surface area (Å²) >= 11 is 0. The Hall–Kier alpha value is -2.08. The molecule has 0 fully saturated rings. The van der Waals surface area contributed by atoms with E-state index in [1.54, 1.807) is 30.0 Å². The van der Waals surface area contributed by atoms with Crippen LogP contribution < -0.4 is 15.0 Å². The average Bonchev–Trinajstić information content (AvgIpc) is 2.49. The molecule has 2 amide bonds. The maximum absolute atomic E-state index is 12.1. The van der Waals surface area contributed by atoms with Crippen LogP contribution in [0.25, 0.3) is 0 Å². The van der Waals surface area contributed by atoms with Crippen molar-refractivity contribution in [2.75, 3.05) is 44.0 Å². The monoisotopic (exact) mass is 305 g/mol. The van der Waals surface area contributed by atoms with Crippen LogP contribution in [0.4, 0.5) is 11.4 Å². The quantitative estimate of drug-likeness (QED) is 0.869. The van der Waals surface area contributed by atoms with Gasteiger partial charge in [0.15, 0.2) is 6.61 Å². The first-order valence-electron chi connectivity index (χ1n) is 7.53. The van der Waals surface area contributed by atoms with Crippen LogP contribution >= 0.6 is 0 Å². The Morgan fingerprint density at radius 3 is 2.86 bits per heavy atom. The number of benzene rings is 1. The van der Waals surface area contributed by atoms with Crippen LogP contribution in [-0.2, 0) is 9.59 Å². The second-order valence-corrected chi connectivity index (χ2v) is 5.58. The number of amides is 2. The zero-order chi connectivity index (χ0) is 16.1. The molecule has 0 unspecified atom stereocenters. The molecule has 0 saturated heterocycles. The Morgan fingerprint density at radius 1 is 1.41 bits per heavy atom. The topological polar surface area (TPSA) is 61.9 Å². The lowest BCUT2D eigenvalue weighted by atomic mass is 10.2. The Morgan fingerprint density at radius 2 is 2.18 bits per heavy atom. The molecule has 22 heavy (non-hydrogen) atoms. The normalized spacial score (nSPS) is 13.8. The molecule has 1 aliphatic rings. The Labute approximate surface area is 131 Å². The van der Waals surface area contributed by atoms with Crippen molar-refractivity contribution in [2.45, 2.75) is 19.8 Å². The van der Waals surface area contributed by atoms with Crippen molar-refractivity contribution >= 4 is 23.2 Å². The second kappa shape index (κ2) is 7.26. The number of ether oxygens (including phenoxy) is 1. The Kier molecular flexibility index (Phi) is 5.38. The third kappa shape index (κ3) is 3.98. The first kappa shape index (κ1) is 16.3. The molecule has 0 radical (unpaired) electrons. The first-order valence-corrected chi connectivity index (χ1v) is 7.53. The molecule has 1 aromatic rings. The summed E-state index contributed by atoms with van der Waals surface area (Å²) in [6, 6.07) is 5.39. The Bertz CT molecular complexity index is 558. The summed E-state index contributed by atoms with van der Waals surface area (Å²) in [7, 11) is 4.01. The van der Waals surface area contributed by atoms with E-state index >= 15 is 0 Å². The van der Waals surface area contributed by atoms with Gasteiger partial charge in [-0.15, -0.1) is 0 Å². The van der Waals surface area contributed by atoms with E-state index < -0.39 is 0 Å². The number of carbonyl (C=O) groups is 2. The molecule has 120 valence electrons. The first-order chi connectivity index (χ1) is 10.5. The maximum atomic E-state index is 12.1. The summed E-state index contributed by atoms with van der Waals surface area (Å²) in [4.78, 5) is 27.5. The smallest absolute Gasteiger partial charge is 0.265 e. The van der Waals surface area contributed by atoms with Gasteiger partial charge in [0.05, 0.1) is 5.69 Å². The molecule has 6 nitrogen and oxygen atoms in total. The van der Waals surface area contributed by atoms with Gasteiger partial charge in [0, 0.05) is 18.7 Å². The van der Waals surface area contributed by atoms with Gasteiger partial charge >= 0.3 is 0 Å². The fraction of sp³-hybridized carbons (Fsp3) is 0.500. The SMILES string of the molecule is CCC(=O)Nc1ccc2c(c1)N(CCCN(C)C)C(=O)CO2. The molecule has 1 aliphatic heterocycles. The number of hydrogen-bond acceptors (Lipinski definition) is 4. The van der Waals surface area contributed by atoms with E-state index in [9.17, 15) is 9.59 Å². The van der Waals surface area contributed by atoms with E-state index in [1.807, 2.05) is 14.1 Å². The molecule has 0 spiro atoms. The predicted octanol–water partition coefficient (Wildman–Crippen LogP) is 1.71. The number of fused-ring (bicyclic) bond motifs is 1. The highest BCUT2D eigenvalue weighted by molar-refractivity contribution is 5.99. The average molecular weight is 305 g/mol. The third-order valence-corrected chi connectivity index (χ3v) is 3.49. The molecular formula is C16H23N3O3. The van der Waals surface area contributed by atoms with Crippen molar-refractivity contribution in [1.82, 2.24) is 4.90 Å². The third-order valence-electron chi connectivity index (χ3n) is 3.49. The van der Waals surface area contributed by atoms with Crippen LogP contribution in [0.5, 0.6) is 5.75 Å². The van der Waals surface area contributed by atoms with Crippen molar-refractivity contribution in [3.05, 3.63) is 18.2 Å². The van der Waals surface area contributed by atoms with Crippen molar-refractivity contribution in [2.24, 2.45) is 0 Å². The summed E-state index contributed by atoms with van der Waals surface area (Å²) < 4.78 is 5.47. The summed E-state index contributed by atoms with van der Waals surface area (Å²) in [5, 5.41) is 2.81. The maximum Gasteiger partial charge on any atom is 0.265 e. The fourth-order valence-corrected chi connectivity index (χ4v) is 2.32. The molecule has 6 heteroatoms. The van der Waals surface area contributed by atoms with Crippen molar-refractivity contribution < 1.29 is 14.3 Å². The lowest BCUT2D eigenvalue weighted by molar-refractivity contribution is -0.121. The minimum absolute atomic E-state index is 0.0507. The molecule has 0 saturated carbocycles. The van der Waals surface area contributed by atoms with Crippen molar-refractivity contribution in [3.63, 3.8) is 0 Å². The van der Waals surface area contributed by atoms with E-state index in [1.165, 1.54) is 0 Å². The van der Waals surface area contributed by atoms with Crippen molar-refractivity contribution in [1.29, 1.82) is 0 Å². The van der Waals surface area contributed by atoms with Crippen LogP contribution in [0.2, 0.25) is 0 Å². The van der Waals surface area contributed by atoms with Gasteiger partial charge in [0.25, 0.3) is 5.91 Å². The lowest BCUT2D eigenvalue weighted by Gasteiger charge is -2.30. The molecule has 1 aromatic carbocycles. The standard InChI is InChI=1S/C16H23N3O3/c1-4-15(20)17-12-6-7-14-13(10-12)19(16(21)11-22-14)9-5-8-18(2)3/h6-7,10H,4-5,8-9,11H2,1-3H3,(H,17,20). The Balaban J connectivity index is 2.17. The van der Waals surface area contributed by atoms with Crippen LogP contribution in [0, 0.1) is 0 Å². The highest BCUT2D eigenvalue weighted by Gasteiger charge is 2.25. The number of carbonyl (C=O) groups excluding carboxylic acids is 2. The fourth-order valence-electron chi connectivity index (χ4n) is 2.32. The lowest BCUT2D eigenvalue weighted by Crippen LogP contribution is -2.40. The van der Waals surface area contributed by atoms with E-state index in [2.05, 4.69) is 10.2 Å². The van der Waals surface area contributed by atoms with Crippen LogP contribution in [0.1, 0.15) is 19.8 Å². The number of hydrogen-bond donors (Lipinski definition) is 1. The number of nitrogens with zero attached hydrogens (tertiary/aromatic N) is 2. The van der Waals surface area contributed by atoms with Gasteiger partial charge in [-0.2, -0.15) is 0 Å². The molecule has 0 aliphatic carbocycles. The molecule has 1 heterocycles. The molecule has 0 atom stereocenters. The zero-order valence-electron chi connectivity index (χ0n) is 13.4. The van der Waals surface area contributed by atoms with E-state index in [-0.39, 0.29) is 18.4 Å². The zero-order valence-corrected chi connectivity index (χ0v) is 13.4. The highest BCUT2D eigenvalue weighted by Crippen LogP contribution is 2.34. The molecular weight excluding hydrogens is 282 g/mol. The molecule has 1 N–H and O–H groups in total. The van der Waals surface area contributed by atoms with Gasteiger partial charge in [0.1, 0.15) is 5.75 Å². The second-order valence-electron chi connectivity index (χ2n) is 5.58. The van der Waals surface area contributed by atoms with E-state index in [0.717, 1.165) is 18.7 Å². The number of nitrogens with one attached hydrogen (secondary N) is 1. The van der Waals surface area contributed by atoms with Gasteiger partial charge in [-0.1, -0.05) is 6.92 Å². The minimum atomic E-state index is -0.0536. The van der Waals surface area contributed by atoms with Crippen LogP contribution in [-0.4, -0.2) is 50.5 Å². The summed E-state index contributed by atoms with van der Waals surface area (Å²) in [5.41, 5.74) is 1.41. The van der Waals surface area contributed by atoms with Crippen LogP contribution in [0.3, 0.4) is 0 Å². The van der Waals surface area contributed by atoms with E-state index in [4.69, 9.17) is 4.74 Å². The van der Waals surface area contributed by atoms with Gasteiger partial charge in [-0.25, -0.2) is 0 Å². The van der Waals surface area contributed by atoms with Gasteiger partial charge in [0.2, 0.25) is 5.91 Å². The van der Waals surface area contributed by atoms with Gasteiger partial charge in [-0.05, 0) is 45.3 Å².